The summed E-state index contributed by atoms with van der Waals surface area (Å²) in [6, 6.07) is 9.03. The first-order chi connectivity index (χ1) is 10.5. The summed E-state index contributed by atoms with van der Waals surface area (Å²) in [4.78, 5) is 22.2. The Bertz CT molecular complexity index is 701. The van der Waals surface area contributed by atoms with Gasteiger partial charge in [-0.3, -0.25) is 4.79 Å². The highest BCUT2D eigenvalue weighted by atomic mass is 35.5. The molecule has 0 aliphatic carbocycles. The number of rotatable bonds is 3. The molecule has 0 fully saturated rings. The molecule has 6 nitrogen and oxygen atoms in total. The molecule has 0 spiro atoms. The summed E-state index contributed by atoms with van der Waals surface area (Å²) >= 11 is 5.84. The van der Waals surface area contributed by atoms with Crippen LogP contribution in [-0.4, -0.2) is 28.5 Å². The van der Waals surface area contributed by atoms with Crippen LogP contribution in [0, 0.1) is 0 Å². The van der Waals surface area contributed by atoms with Gasteiger partial charge in [-0.15, -0.1) is 0 Å². The Labute approximate surface area is 133 Å². The van der Waals surface area contributed by atoms with Crippen LogP contribution in [0.25, 0.3) is 0 Å². The molecule has 3 N–H and O–H groups in total. The zero-order valence-electron chi connectivity index (χ0n) is 12.1. The summed E-state index contributed by atoms with van der Waals surface area (Å²) in [5.74, 6) is 0.491. The number of hydrogen-bond donors (Lipinski definition) is 2. The van der Waals surface area contributed by atoms with Crippen molar-refractivity contribution in [1.29, 1.82) is 0 Å². The summed E-state index contributed by atoms with van der Waals surface area (Å²) in [6.07, 6.45) is 0.876. The number of amides is 1. The number of carbonyl (C=O) groups excluding carboxylic acids is 1. The van der Waals surface area contributed by atoms with Gasteiger partial charge in [0.05, 0.1) is 0 Å². The minimum absolute atomic E-state index is 0.0155. The average Bonchev–Trinajstić information content (AvgIpc) is 2.89. The van der Waals surface area contributed by atoms with E-state index in [9.17, 15) is 4.79 Å². The van der Waals surface area contributed by atoms with Crippen LogP contribution < -0.4 is 16.0 Å². The number of benzene rings is 1. The van der Waals surface area contributed by atoms with Crippen molar-refractivity contribution in [2.75, 3.05) is 22.5 Å². The maximum absolute atomic E-state index is 12.6. The molecule has 3 rings (SSSR count). The third-order valence-corrected chi connectivity index (χ3v) is 3.79. The molecule has 1 unspecified atom stereocenters. The standard InChI is InChI=1S/C15H16ClN5O/c1-9(18-13-8-12(16)19-15(17)20-13)14(22)21-7-6-10-4-2-3-5-11(10)21/h2-5,8-9H,6-7H2,1H3,(H3,17,18,19,20). The Morgan fingerprint density at radius 3 is 2.95 bits per heavy atom. The Balaban J connectivity index is 1.75. The number of carbonyl (C=O) groups is 1. The van der Waals surface area contributed by atoms with E-state index in [1.165, 1.54) is 5.56 Å². The highest BCUT2D eigenvalue weighted by molar-refractivity contribution is 6.29. The Morgan fingerprint density at radius 2 is 2.18 bits per heavy atom. The molecule has 1 aliphatic rings. The van der Waals surface area contributed by atoms with E-state index in [4.69, 9.17) is 17.3 Å². The fraction of sp³-hybridized carbons (Fsp3) is 0.267. The maximum atomic E-state index is 12.6. The fourth-order valence-electron chi connectivity index (χ4n) is 2.59. The molecule has 22 heavy (non-hydrogen) atoms. The van der Waals surface area contributed by atoms with Crippen LogP contribution in [0.5, 0.6) is 0 Å². The van der Waals surface area contributed by atoms with Gasteiger partial charge in [-0.25, -0.2) is 4.98 Å². The second-order valence-electron chi connectivity index (χ2n) is 5.17. The van der Waals surface area contributed by atoms with Crippen molar-refractivity contribution in [1.82, 2.24) is 9.97 Å². The van der Waals surface area contributed by atoms with Gasteiger partial charge in [0.2, 0.25) is 11.9 Å². The molecule has 1 amide bonds. The molecule has 0 radical (unpaired) electrons. The van der Waals surface area contributed by atoms with Crippen LogP contribution in [0.4, 0.5) is 17.5 Å². The van der Waals surface area contributed by atoms with E-state index in [0.717, 1.165) is 12.1 Å². The molecule has 1 aliphatic heterocycles. The van der Waals surface area contributed by atoms with Crippen LogP contribution in [0.2, 0.25) is 5.15 Å². The summed E-state index contributed by atoms with van der Waals surface area (Å²) in [5.41, 5.74) is 7.72. The largest absolute Gasteiger partial charge is 0.368 e. The molecule has 114 valence electrons. The average molecular weight is 318 g/mol. The van der Waals surface area contributed by atoms with Gasteiger partial charge in [-0.05, 0) is 25.0 Å². The van der Waals surface area contributed by atoms with E-state index in [0.29, 0.717) is 12.4 Å². The molecule has 0 saturated heterocycles. The highest BCUT2D eigenvalue weighted by Gasteiger charge is 2.27. The topological polar surface area (TPSA) is 84.1 Å². The van der Waals surface area contributed by atoms with E-state index < -0.39 is 6.04 Å². The molecule has 0 saturated carbocycles. The van der Waals surface area contributed by atoms with Gasteiger partial charge in [0.15, 0.2) is 0 Å². The second kappa shape index (κ2) is 5.81. The van der Waals surface area contributed by atoms with E-state index in [2.05, 4.69) is 15.3 Å². The summed E-state index contributed by atoms with van der Waals surface area (Å²) in [6.45, 7) is 2.48. The maximum Gasteiger partial charge on any atom is 0.249 e. The van der Waals surface area contributed by atoms with Crippen molar-refractivity contribution < 1.29 is 4.79 Å². The van der Waals surface area contributed by atoms with Crippen LogP contribution in [0.3, 0.4) is 0 Å². The SMILES string of the molecule is CC(Nc1cc(Cl)nc(N)n1)C(=O)N1CCc2ccccc21. The lowest BCUT2D eigenvalue weighted by Gasteiger charge is -2.22. The number of nitrogen functional groups attached to an aromatic ring is 1. The van der Waals surface area contributed by atoms with Crippen molar-refractivity contribution in [2.45, 2.75) is 19.4 Å². The van der Waals surface area contributed by atoms with E-state index in [1.54, 1.807) is 17.9 Å². The van der Waals surface area contributed by atoms with Crippen LogP contribution >= 0.6 is 11.6 Å². The van der Waals surface area contributed by atoms with Crippen molar-refractivity contribution in [3.8, 4) is 0 Å². The molecule has 2 heterocycles. The van der Waals surface area contributed by atoms with Gasteiger partial charge in [-0.2, -0.15) is 4.98 Å². The van der Waals surface area contributed by atoms with Crippen molar-refractivity contribution in [3.63, 3.8) is 0 Å². The Morgan fingerprint density at radius 1 is 1.41 bits per heavy atom. The monoisotopic (exact) mass is 317 g/mol. The third kappa shape index (κ3) is 2.82. The van der Waals surface area contributed by atoms with Gasteiger partial charge in [0.1, 0.15) is 17.0 Å². The van der Waals surface area contributed by atoms with Crippen molar-refractivity contribution in [3.05, 3.63) is 41.0 Å². The van der Waals surface area contributed by atoms with Gasteiger partial charge >= 0.3 is 0 Å². The normalized spacial score (nSPS) is 14.5. The van der Waals surface area contributed by atoms with E-state index >= 15 is 0 Å². The Hall–Kier alpha value is -2.34. The number of para-hydroxylation sites is 1. The number of halogens is 1. The molecular formula is C15H16ClN5O. The molecule has 1 aromatic heterocycles. The first kappa shape index (κ1) is 14.6. The molecular weight excluding hydrogens is 302 g/mol. The summed E-state index contributed by atoms with van der Waals surface area (Å²) < 4.78 is 0. The number of anilines is 3. The molecule has 2 aromatic rings. The third-order valence-electron chi connectivity index (χ3n) is 3.60. The smallest absolute Gasteiger partial charge is 0.249 e. The van der Waals surface area contributed by atoms with E-state index in [-0.39, 0.29) is 17.0 Å². The molecule has 0 bridgehead atoms. The number of nitrogens with two attached hydrogens (primary N) is 1. The number of fused-ring (bicyclic) bond motifs is 1. The number of nitrogens with one attached hydrogen (secondary N) is 1. The van der Waals surface area contributed by atoms with Crippen LogP contribution in [0.1, 0.15) is 12.5 Å². The van der Waals surface area contributed by atoms with Gasteiger partial charge in [0, 0.05) is 18.3 Å². The second-order valence-corrected chi connectivity index (χ2v) is 5.56. The van der Waals surface area contributed by atoms with Gasteiger partial charge in [-0.1, -0.05) is 29.8 Å². The minimum atomic E-state index is -0.448. The van der Waals surface area contributed by atoms with Crippen LogP contribution in [0.15, 0.2) is 30.3 Å². The van der Waals surface area contributed by atoms with Crippen molar-refractivity contribution in [2.24, 2.45) is 0 Å². The predicted molar refractivity (Wildman–Crippen MR) is 87.0 cm³/mol. The highest BCUT2D eigenvalue weighted by Crippen LogP contribution is 2.28. The van der Waals surface area contributed by atoms with Crippen molar-refractivity contribution >= 4 is 35.0 Å². The minimum Gasteiger partial charge on any atom is -0.368 e. The lowest BCUT2D eigenvalue weighted by Crippen LogP contribution is -2.40. The van der Waals surface area contributed by atoms with Crippen LogP contribution in [-0.2, 0) is 11.2 Å². The quantitative estimate of drug-likeness (QED) is 0.847. The Kier molecular flexibility index (Phi) is 3.85. The predicted octanol–water partition coefficient (Wildman–Crippen LogP) is 2.10. The first-order valence-electron chi connectivity index (χ1n) is 7.00. The number of aromatic nitrogens is 2. The lowest BCUT2D eigenvalue weighted by atomic mass is 10.2. The number of nitrogens with zero attached hydrogens (tertiary/aromatic N) is 3. The fourth-order valence-corrected chi connectivity index (χ4v) is 2.78. The summed E-state index contributed by atoms with van der Waals surface area (Å²) in [5, 5.41) is 3.26. The zero-order chi connectivity index (χ0) is 15.7. The zero-order valence-corrected chi connectivity index (χ0v) is 12.8. The van der Waals surface area contributed by atoms with Gasteiger partial charge < -0.3 is 16.0 Å². The number of hydrogen-bond acceptors (Lipinski definition) is 5. The summed E-state index contributed by atoms with van der Waals surface area (Å²) in [7, 11) is 0. The molecule has 1 atom stereocenters. The lowest BCUT2D eigenvalue weighted by molar-refractivity contribution is -0.118. The molecule has 1 aromatic carbocycles. The molecule has 7 heteroatoms. The van der Waals surface area contributed by atoms with Gasteiger partial charge in [0.25, 0.3) is 0 Å². The van der Waals surface area contributed by atoms with E-state index in [1.807, 2.05) is 24.3 Å². The first-order valence-corrected chi connectivity index (χ1v) is 7.38.